The summed E-state index contributed by atoms with van der Waals surface area (Å²) in [5.41, 5.74) is 0. The zero-order valence-corrected chi connectivity index (χ0v) is 11.0. The van der Waals surface area contributed by atoms with E-state index < -0.39 is 11.9 Å². The Morgan fingerprint density at radius 2 is 2.05 bits per heavy atom. The number of aromatic nitrogens is 2. The molecule has 0 fully saturated rings. The molecule has 0 aromatic carbocycles. The average Bonchev–Trinajstić information content (AvgIpc) is 2.40. The standard InChI is InChI=1S/C12H18N4O3/c1-3-9(11(18)19)7-15-10(17)8-16(2)12-13-5-4-6-14-12/h4-6,9H,3,7-8H2,1-2H3,(H,15,17)(H,18,19). The first kappa shape index (κ1) is 14.9. The average molecular weight is 266 g/mol. The van der Waals surface area contributed by atoms with Crippen molar-refractivity contribution in [2.24, 2.45) is 5.92 Å². The van der Waals surface area contributed by atoms with Gasteiger partial charge in [-0.15, -0.1) is 0 Å². The molecule has 1 aromatic rings. The van der Waals surface area contributed by atoms with Gasteiger partial charge in [0.2, 0.25) is 11.9 Å². The van der Waals surface area contributed by atoms with Crippen LogP contribution in [-0.4, -0.2) is 47.1 Å². The van der Waals surface area contributed by atoms with E-state index >= 15 is 0 Å². The molecule has 7 heteroatoms. The van der Waals surface area contributed by atoms with Crippen LogP contribution in [0.15, 0.2) is 18.5 Å². The maximum atomic E-state index is 11.7. The first-order chi connectivity index (χ1) is 9.04. The van der Waals surface area contributed by atoms with Crippen LogP contribution in [0.2, 0.25) is 0 Å². The second kappa shape index (κ2) is 7.30. The summed E-state index contributed by atoms with van der Waals surface area (Å²) < 4.78 is 0. The zero-order chi connectivity index (χ0) is 14.3. The Morgan fingerprint density at radius 1 is 1.42 bits per heavy atom. The minimum atomic E-state index is -0.900. The molecule has 0 bridgehead atoms. The highest BCUT2D eigenvalue weighted by Gasteiger charge is 2.16. The number of carboxylic acids is 1. The van der Waals surface area contributed by atoms with Crippen molar-refractivity contribution in [1.82, 2.24) is 15.3 Å². The van der Waals surface area contributed by atoms with Gasteiger partial charge in [-0.2, -0.15) is 0 Å². The molecular weight excluding hydrogens is 248 g/mol. The molecule has 1 unspecified atom stereocenters. The van der Waals surface area contributed by atoms with Gasteiger partial charge < -0.3 is 15.3 Å². The molecule has 1 amide bonds. The summed E-state index contributed by atoms with van der Waals surface area (Å²) in [6.45, 7) is 1.99. The molecule has 0 aliphatic rings. The summed E-state index contributed by atoms with van der Waals surface area (Å²) in [6.07, 6.45) is 3.66. The van der Waals surface area contributed by atoms with E-state index in [1.807, 2.05) is 0 Å². The van der Waals surface area contributed by atoms with Crippen molar-refractivity contribution in [3.8, 4) is 0 Å². The number of hydrogen-bond donors (Lipinski definition) is 2. The summed E-state index contributed by atoms with van der Waals surface area (Å²) in [5, 5.41) is 11.5. The zero-order valence-electron chi connectivity index (χ0n) is 11.0. The van der Waals surface area contributed by atoms with Crippen molar-refractivity contribution >= 4 is 17.8 Å². The number of rotatable bonds is 7. The van der Waals surface area contributed by atoms with Crippen molar-refractivity contribution in [3.05, 3.63) is 18.5 Å². The molecule has 1 atom stereocenters. The van der Waals surface area contributed by atoms with Crippen molar-refractivity contribution < 1.29 is 14.7 Å². The molecule has 1 aromatic heterocycles. The molecule has 0 saturated heterocycles. The number of carboxylic acid groups (broad SMARTS) is 1. The van der Waals surface area contributed by atoms with Crippen LogP contribution in [0.1, 0.15) is 13.3 Å². The van der Waals surface area contributed by atoms with Gasteiger partial charge in [-0.05, 0) is 12.5 Å². The highest BCUT2D eigenvalue weighted by Crippen LogP contribution is 2.02. The van der Waals surface area contributed by atoms with E-state index in [4.69, 9.17) is 5.11 Å². The summed E-state index contributed by atoms with van der Waals surface area (Å²) in [4.78, 5) is 32.1. The molecule has 0 aliphatic heterocycles. The van der Waals surface area contributed by atoms with Crippen LogP contribution in [-0.2, 0) is 9.59 Å². The lowest BCUT2D eigenvalue weighted by Crippen LogP contribution is -2.39. The minimum absolute atomic E-state index is 0.0834. The summed E-state index contributed by atoms with van der Waals surface area (Å²) in [6, 6.07) is 1.69. The number of carbonyl (C=O) groups is 2. The van der Waals surface area contributed by atoms with Crippen LogP contribution >= 0.6 is 0 Å². The lowest BCUT2D eigenvalue weighted by molar-refractivity contribution is -0.141. The van der Waals surface area contributed by atoms with E-state index in [0.717, 1.165) is 0 Å². The van der Waals surface area contributed by atoms with Gasteiger partial charge in [-0.1, -0.05) is 6.92 Å². The molecule has 2 N–H and O–H groups in total. The van der Waals surface area contributed by atoms with E-state index in [0.29, 0.717) is 12.4 Å². The number of anilines is 1. The number of nitrogens with one attached hydrogen (secondary N) is 1. The van der Waals surface area contributed by atoms with Gasteiger partial charge in [0.25, 0.3) is 0 Å². The Balaban J connectivity index is 2.41. The van der Waals surface area contributed by atoms with Gasteiger partial charge in [0.15, 0.2) is 0 Å². The van der Waals surface area contributed by atoms with Crippen LogP contribution in [0.3, 0.4) is 0 Å². The van der Waals surface area contributed by atoms with Gasteiger partial charge >= 0.3 is 5.97 Å². The fourth-order valence-corrected chi connectivity index (χ4v) is 1.47. The quantitative estimate of drug-likeness (QED) is 0.729. The number of amides is 1. The molecule has 0 saturated carbocycles. The molecule has 7 nitrogen and oxygen atoms in total. The highest BCUT2D eigenvalue weighted by molar-refractivity contribution is 5.81. The first-order valence-electron chi connectivity index (χ1n) is 6.02. The van der Waals surface area contributed by atoms with Crippen molar-refractivity contribution in [2.45, 2.75) is 13.3 Å². The lowest BCUT2D eigenvalue weighted by atomic mass is 10.1. The second-order valence-corrected chi connectivity index (χ2v) is 4.15. The van der Waals surface area contributed by atoms with E-state index in [2.05, 4.69) is 15.3 Å². The molecule has 1 rings (SSSR count). The summed E-state index contributed by atoms with van der Waals surface area (Å²) in [7, 11) is 1.70. The Labute approximate surface area is 111 Å². The predicted molar refractivity (Wildman–Crippen MR) is 69.7 cm³/mol. The number of carbonyl (C=O) groups excluding carboxylic acids is 1. The third-order valence-electron chi connectivity index (χ3n) is 2.66. The van der Waals surface area contributed by atoms with Crippen LogP contribution in [0.5, 0.6) is 0 Å². The maximum Gasteiger partial charge on any atom is 0.308 e. The smallest absolute Gasteiger partial charge is 0.308 e. The van der Waals surface area contributed by atoms with E-state index in [-0.39, 0.29) is 19.0 Å². The fourth-order valence-electron chi connectivity index (χ4n) is 1.47. The molecule has 19 heavy (non-hydrogen) atoms. The SMILES string of the molecule is CCC(CNC(=O)CN(C)c1ncccn1)C(=O)O. The number of nitrogens with zero attached hydrogens (tertiary/aromatic N) is 3. The molecule has 1 heterocycles. The van der Waals surface area contributed by atoms with Gasteiger partial charge in [-0.3, -0.25) is 9.59 Å². The molecule has 104 valence electrons. The molecule has 0 aliphatic carbocycles. The van der Waals surface area contributed by atoms with E-state index in [9.17, 15) is 9.59 Å². The molecular formula is C12H18N4O3. The van der Waals surface area contributed by atoms with Crippen LogP contribution in [0, 0.1) is 5.92 Å². The first-order valence-corrected chi connectivity index (χ1v) is 6.02. The summed E-state index contributed by atoms with van der Waals surface area (Å²) in [5.74, 6) is -1.26. The molecule has 0 radical (unpaired) electrons. The minimum Gasteiger partial charge on any atom is -0.481 e. The van der Waals surface area contributed by atoms with Crippen LogP contribution in [0.4, 0.5) is 5.95 Å². The second-order valence-electron chi connectivity index (χ2n) is 4.15. The van der Waals surface area contributed by atoms with Crippen LogP contribution < -0.4 is 10.2 Å². The molecule has 0 spiro atoms. The Hall–Kier alpha value is -2.18. The van der Waals surface area contributed by atoms with E-state index in [1.54, 1.807) is 37.3 Å². The van der Waals surface area contributed by atoms with Crippen molar-refractivity contribution in [2.75, 3.05) is 25.0 Å². The number of likely N-dealkylation sites (N-methyl/N-ethyl adjacent to an activating group) is 1. The van der Waals surface area contributed by atoms with Crippen LogP contribution in [0.25, 0.3) is 0 Å². The third kappa shape index (κ3) is 4.90. The van der Waals surface area contributed by atoms with Crippen molar-refractivity contribution in [1.29, 1.82) is 0 Å². The Bertz CT molecular complexity index is 424. The maximum absolute atomic E-state index is 11.7. The monoisotopic (exact) mass is 266 g/mol. The summed E-state index contributed by atoms with van der Waals surface area (Å²) >= 11 is 0. The number of aliphatic carboxylic acids is 1. The lowest BCUT2D eigenvalue weighted by Gasteiger charge is -2.17. The predicted octanol–water partition coefficient (Wildman–Crippen LogP) is 0.140. The van der Waals surface area contributed by atoms with Gasteiger partial charge in [0.1, 0.15) is 0 Å². The van der Waals surface area contributed by atoms with Gasteiger partial charge in [-0.25, -0.2) is 9.97 Å². The number of hydrogen-bond acceptors (Lipinski definition) is 5. The largest absolute Gasteiger partial charge is 0.481 e. The van der Waals surface area contributed by atoms with E-state index in [1.165, 1.54) is 0 Å². The van der Waals surface area contributed by atoms with Gasteiger partial charge in [0.05, 0.1) is 12.5 Å². The Kier molecular flexibility index (Phi) is 5.72. The van der Waals surface area contributed by atoms with Gasteiger partial charge in [0, 0.05) is 26.0 Å². The third-order valence-corrected chi connectivity index (χ3v) is 2.66. The highest BCUT2D eigenvalue weighted by atomic mass is 16.4. The Morgan fingerprint density at radius 3 is 2.58 bits per heavy atom. The topological polar surface area (TPSA) is 95.4 Å². The fraction of sp³-hybridized carbons (Fsp3) is 0.500. The van der Waals surface area contributed by atoms with Crippen molar-refractivity contribution in [3.63, 3.8) is 0 Å². The normalized spacial score (nSPS) is 11.7.